The van der Waals surface area contributed by atoms with Crippen molar-refractivity contribution in [3.8, 4) is 0 Å². The summed E-state index contributed by atoms with van der Waals surface area (Å²) in [6.45, 7) is 13.2. The second-order valence-corrected chi connectivity index (χ2v) is 10.3. The second kappa shape index (κ2) is 11.5. The van der Waals surface area contributed by atoms with E-state index in [0.717, 1.165) is 6.42 Å². The van der Waals surface area contributed by atoms with E-state index in [9.17, 15) is 24.0 Å². The molecule has 0 aliphatic carbocycles. The van der Waals surface area contributed by atoms with E-state index in [1.807, 2.05) is 34.6 Å². The summed E-state index contributed by atoms with van der Waals surface area (Å²) in [7, 11) is 0. The van der Waals surface area contributed by atoms with Crippen LogP contribution < -0.4 is 5.32 Å². The van der Waals surface area contributed by atoms with Gasteiger partial charge < -0.3 is 5.32 Å². The normalized spacial score (nSPS) is 19.0. The van der Waals surface area contributed by atoms with Crippen LogP contribution in [0.25, 0.3) is 0 Å². The Labute approximate surface area is 186 Å². The molecule has 31 heavy (non-hydrogen) atoms. The number of carbonyl (C=O) groups is 5. The molecule has 0 aromatic heterocycles. The average molecular weight is 437 g/mol. The van der Waals surface area contributed by atoms with Crippen molar-refractivity contribution < 1.29 is 24.0 Å². The summed E-state index contributed by atoms with van der Waals surface area (Å²) < 4.78 is 0. The van der Waals surface area contributed by atoms with Crippen LogP contribution in [0.3, 0.4) is 0 Å². The Morgan fingerprint density at radius 1 is 1.06 bits per heavy atom. The Bertz CT molecular complexity index is 693. The number of amides is 3. The van der Waals surface area contributed by atoms with Crippen LogP contribution in [0, 0.1) is 23.2 Å². The number of nitrogens with zero attached hydrogens (tertiary/aromatic N) is 1. The van der Waals surface area contributed by atoms with E-state index >= 15 is 0 Å². The van der Waals surface area contributed by atoms with Crippen LogP contribution in [0.4, 0.5) is 0 Å². The second-order valence-electron chi connectivity index (χ2n) is 10.3. The van der Waals surface area contributed by atoms with Crippen molar-refractivity contribution in [2.24, 2.45) is 23.2 Å². The third kappa shape index (κ3) is 8.19. The van der Waals surface area contributed by atoms with Crippen molar-refractivity contribution in [1.82, 2.24) is 10.2 Å². The van der Waals surface area contributed by atoms with Crippen LogP contribution in [0.1, 0.15) is 87.0 Å². The molecule has 176 valence electrons. The fourth-order valence-corrected chi connectivity index (χ4v) is 3.76. The highest BCUT2D eigenvalue weighted by molar-refractivity contribution is 6.03. The molecule has 0 bridgehead atoms. The number of ketones is 2. The molecule has 3 amide bonds. The fraction of sp³-hybridized carbons (Fsp3) is 0.792. The van der Waals surface area contributed by atoms with Crippen molar-refractivity contribution in [2.75, 3.05) is 6.54 Å². The van der Waals surface area contributed by atoms with E-state index in [2.05, 4.69) is 5.32 Å². The minimum Gasteiger partial charge on any atom is -0.346 e. The topological polar surface area (TPSA) is 101 Å². The van der Waals surface area contributed by atoms with E-state index in [1.165, 1.54) is 11.8 Å². The summed E-state index contributed by atoms with van der Waals surface area (Å²) >= 11 is 0. The SMILES string of the molecule is CC(=O)[C@@H](C)NC(=O)[C@H](CC(=O)CCCCCN1C(=O)CC(C(C)(C)C)C1=O)C(C)C. The van der Waals surface area contributed by atoms with Crippen molar-refractivity contribution >= 4 is 29.3 Å². The van der Waals surface area contributed by atoms with Crippen LogP contribution in [0.15, 0.2) is 0 Å². The first-order chi connectivity index (χ1) is 14.3. The monoisotopic (exact) mass is 436 g/mol. The molecular formula is C24H40N2O5. The largest absolute Gasteiger partial charge is 0.346 e. The summed E-state index contributed by atoms with van der Waals surface area (Å²) in [6.07, 6.45) is 2.88. The summed E-state index contributed by atoms with van der Waals surface area (Å²) in [5.41, 5.74) is -0.227. The number of imide groups is 1. The van der Waals surface area contributed by atoms with Crippen LogP contribution in [0.2, 0.25) is 0 Å². The Balaban J connectivity index is 2.41. The minimum atomic E-state index is -0.558. The molecular weight excluding hydrogens is 396 g/mol. The van der Waals surface area contributed by atoms with Gasteiger partial charge in [0.25, 0.3) is 0 Å². The van der Waals surface area contributed by atoms with Crippen molar-refractivity contribution in [2.45, 2.75) is 93.0 Å². The van der Waals surface area contributed by atoms with Crippen LogP contribution in [-0.2, 0) is 24.0 Å². The standard InChI is InChI=1S/C24H40N2O5/c1-15(2)19(22(30)25-16(3)17(4)27)13-18(28)11-9-8-10-12-26-21(29)14-20(23(26)31)24(5,6)7/h15-16,19-20H,8-14H2,1-7H3,(H,25,30)/t16-,19-,20?/m1/s1. The van der Waals surface area contributed by atoms with E-state index in [1.54, 1.807) is 6.92 Å². The smallest absolute Gasteiger partial charge is 0.233 e. The van der Waals surface area contributed by atoms with Gasteiger partial charge in [-0.3, -0.25) is 28.9 Å². The molecule has 3 atom stereocenters. The number of hydrogen-bond acceptors (Lipinski definition) is 5. The van der Waals surface area contributed by atoms with Gasteiger partial charge in [0.05, 0.1) is 12.0 Å². The third-order valence-electron chi connectivity index (χ3n) is 6.18. The molecule has 1 rings (SSSR count). The van der Waals surface area contributed by atoms with Gasteiger partial charge in [0, 0.05) is 31.7 Å². The van der Waals surface area contributed by atoms with Gasteiger partial charge in [-0.2, -0.15) is 0 Å². The van der Waals surface area contributed by atoms with Gasteiger partial charge in [0.2, 0.25) is 17.7 Å². The number of rotatable bonds is 12. The number of unbranched alkanes of at least 4 members (excludes halogenated alkanes) is 2. The molecule has 1 aliphatic heterocycles. The van der Waals surface area contributed by atoms with Gasteiger partial charge in [-0.1, -0.05) is 41.0 Å². The van der Waals surface area contributed by atoms with Crippen molar-refractivity contribution in [3.05, 3.63) is 0 Å². The summed E-state index contributed by atoms with van der Waals surface area (Å²) in [5.74, 6) is -1.27. The van der Waals surface area contributed by atoms with Gasteiger partial charge >= 0.3 is 0 Å². The maximum Gasteiger partial charge on any atom is 0.233 e. The molecule has 1 aliphatic rings. The lowest BCUT2D eigenvalue weighted by molar-refractivity contribution is -0.140. The number of carbonyl (C=O) groups excluding carboxylic acids is 5. The lowest BCUT2D eigenvalue weighted by Crippen LogP contribution is -2.42. The molecule has 1 N–H and O–H groups in total. The highest BCUT2D eigenvalue weighted by Gasteiger charge is 2.44. The third-order valence-corrected chi connectivity index (χ3v) is 6.18. The van der Waals surface area contributed by atoms with E-state index in [-0.39, 0.29) is 59.4 Å². The zero-order valence-electron chi connectivity index (χ0n) is 20.2. The number of Topliss-reactive ketones (excluding diaryl/α,β-unsaturated/α-hetero) is 2. The number of nitrogens with one attached hydrogen (secondary N) is 1. The molecule has 0 spiro atoms. The van der Waals surface area contributed by atoms with Gasteiger partial charge in [-0.15, -0.1) is 0 Å². The predicted molar refractivity (Wildman–Crippen MR) is 119 cm³/mol. The van der Waals surface area contributed by atoms with Gasteiger partial charge in [0.1, 0.15) is 5.78 Å². The fourth-order valence-electron chi connectivity index (χ4n) is 3.76. The highest BCUT2D eigenvalue weighted by atomic mass is 16.2. The molecule has 1 unspecified atom stereocenters. The zero-order valence-corrected chi connectivity index (χ0v) is 20.2. The Kier molecular flexibility index (Phi) is 10.0. The summed E-state index contributed by atoms with van der Waals surface area (Å²) in [6, 6.07) is -0.558. The molecule has 7 nitrogen and oxygen atoms in total. The zero-order chi connectivity index (χ0) is 23.9. The first kappa shape index (κ1) is 27.0. The van der Waals surface area contributed by atoms with Gasteiger partial charge in [-0.05, 0) is 38.0 Å². The Morgan fingerprint density at radius 2 is 1.68 bits per heavy atom. The first-order valence-electron chi connectivity index (χ1n) is 11.4. The lowest BCUT2D eigenvalue weighted by atomic mass is 9.80. The average Bonchev–Trinajstić information content (AvgIpc) is 2.93. The molecule has 1 fully saturated rings. The quantitative estimate of drug-likeness (QED) is 0.374. The van der Waals surface area contributed by atoms with E-state index in [4.69, 9.17) is 0 Å². The molecule has 7 heteroatoms. The molecule has 0 aromatic rings. The lowest BCUT2D eigenvalue weighted by Gasteiger charge is -2.24. The Morgan fingerprint density at radius 3 is 2.16 bits per heavy atom. The van der Waals surface area contributed by atoms with E-state index in [0.29, 0.717) is 25.8 Å². The molecule has 0 saturated carbocycles. The van der Waals surface area contributed by atoms with Crippen molar-refractivity contribution in [1.29, 1.82) is 0 Å². The van der Waals surface area contributed by atoms with Crippen LogP contribution >= 0.6 is 0 Å². The minimum absolute atomic E-state index is 0.00828. The van der Waals surface area contributed by atoms with Gasteiger partial charge in [0.15, 0.2) is 5.78 Å². The molecule has 0 radical (unpaired) electrons. The highest BCUT2D eigenvalue weighted by Crippen LogP contribution is 2.35. The maximum absolute atomic E-state index is 12.5. The predicted octanol–water partition coefficient (Wildman–Crippen LogP) is 3.29. The molecule has 1 heterocycles. The number of likely N-dealkylation sites (tertiary alicyclic amines) is 1. The van der Waals surface area contributed by atoms with Crippen LogP contribution in [-0.4, -0.2) is 46.8 Å². The summed E-state index contributed by atoms with van der Waals surface area (Å²) in [5, 5.41) is 2.69. The maximum atomic E-state index is 12.5. The van der Waals surface area contributed by atoms with E-state index < -0.39 is 12.0 Å². The Hall–Kier alpha value is -2.05. The summed E-state index contributed by atoms with van der Waals surface area (Å²) in [4.78, 5) is 62.2. The van der Waals surface area contributed by atoms with Crippen molar-refractivity contribution in [3.63, 3.8) is 0 Å². The molecule has 0 aromatic carbocycles. The first-order valence-corrected chi connectivity index (χ1v) is 11.4. The molecule has 1 saturated heterocycles. The van der Waals surface area contributed by atoms with Gasteiger partial charge in [-0.25, -0.2) is 0 Å². The van der Waals surface area contributed by atoms with Crippen LogP contribution in [0.5, 0.6) is 0 Å². The number of hydrogen-bond donors (Lipinski definition) is 1.